The van der Waals surface area contributed by atoms with E-state index in [0.29, 0.717) is 18.4 Å². The van der Waals surface area contributed by atoms with Gasteiger partial charge < -0.3 is 15.0 Å². The molecule has 0 aromatic heterocycles. The van der Waals surface area contributed by atoms with Gasteiger partial charge in [0.05, 0.1) is 6.61 Å². The highest BCUT2D eigenvalue weighted by Crippen LogP contribution is 2.26. The summed E-state index contributed by atoms with van der Waals surface area (Å²) in [5, 5.41) is 3.34. The van der Waals surface area contributed by atoms with Crippen molar-refractivity contribution in [1.29, 1.82) is 0 Å². The van der Waals surface area contributed by atoms with Crippen molar-refractivity contribution >= 4 is 18.5 Å². The average Bonchev–Trinajstić information content (AvgIpc) is 2.61. The van der Waals surface area contributed by atoms with E-state index >= 15 is 0 Å². The molecule has 5 heteroatoms. The SMILES string of the molecule is CCOC(=O)N1CC2CNCC2C1.Cl. The van der Waals surface area contributed by atoms with Gasteiger partial charge in [-0.15, -0.1) is 12.4 Å². The highest BCUT2D eigenvalue weighted by Gasteiger charge is 2.38. The van der Waals surface area contributed by atoms with Crippen LogP contribution in [0.15, 0.2) is 0 Å². The lowest BCUT2D eigenvalue weighted by atomic mass is 10.0. The Labute approximate surface area is 90.4 Å². The monoisotopic (exact) mass is 220 g/mol. The Hall–Kier alpha value is -0.480. The lowest BCUT2D eigenvalue weighted by Gasteiger charge is -2.16. The van der Waals surface area contributed by atoms with E-state index in [0.717, 1.165) is 26.2 Å². The molecule has 0 spiro atoms. The summed E-state index contributed by atoms with van der Waals surface area (Å²) in [5.41, 5.74) is 0. The predicted molar refractivity (Wildman–Crippen MR) is 55.7 cm³/mol. The normalized spacial score (nSPS) is 29.6. The molecule has 2 atom stereocenters. The summed E-state index contributed by atoms with van der Waals surface area (Å²) >= 11 is 0. The van der Waals surface area contributed by atoms with E-state index in [1.165, 1.54) is 0 Å². The number of carbonyl (C=O) groups is 1. The number of ether oxygens (including phenoxy) is 1. The molecule has 0 saturated carbocycles. The third-order valence-electron chi connectivity index (χ3n) is 2.92. The van der Waals surface area contributed by atoms with Crippen LogP contribution in [0.1, 0.15) is 6.92 Å². The molecule has 2 aliphatic rings. The molecule has 2 heterocycles. The second kappa shape index (κ2) is 4.84. The Bertz CT molecular complexity index is 201. The van der Waals surface area contributed by atoms with Gasteiger partial charge in [-0.05, 0) is 18.8 Å². The van der Waals surface area contributed by atoms with Gasteiger partial charge in [-0.2, -0.15) is 0 Å². The predicted octanol–water partition coefficient (Wildman–Crippen LogP) is 0.716. The Balaban J connectivity index is 0.000000980. The van der Waals surface area contributed by atoms with Gasteiger partial charge in [-0.3, -0.25) is 0 Å². The molecule has 4 nitrogen and oxygen atoms in total. The fraction of sp³-hybridized carbons (Fsp3) is 0.889. The second-order valence-electron chi connectivity index (χ2n) is 3.78. The maximum atomic E-state index is 11.4. The lowest BCUT2D eigenvalue weighted by molar-refractivity contribution is 0.113. The third kappa shape index (κ3) is 2.12. The molecular weight excluding hydrogens is 204 g/mol. The van der Waals surface area contributed by atoms with Gasteiger partial charge in [0.2, 0.25) is 0 Å². The quantitative estimate of drug-likeness (QED) is 0.708. The van der Waals surface area contributed by atoms with Crippen LogP contribution in [0.4, 0.5) is 4.79 Å². The number of nitrogens with zero attached hydrogens (tertiary/aromatic N) is 1. The van der Waals surface area contributed by atoms with Crippen LogP contribution in [0.2, 0.25) is 0 Å². The number of likely N-dealkylation sites (tertiary alicyclic amines) is 1. The van der Waals surface area contributed by atoms with Crippen molar-refractivity contribution in [2.24, 2.45) is 11.8 Å². The van der Waals surface area contributed by atoms with Crippen molar-refractivity contribution in [2.45, 2.75) is 6.92 Å². The van der Waals surface area contributed by atoms with Crippen molar-refractivity contribution in [3.8, 4) is 0 Å². The molecule has 2 saturated heterocycles. The van der Waals surface area contributed by atoms with Crippen LogP contribution < -0.4 is 5.32 Å². The van der Waals surface area contributed by atoms with Gasteiger partial charge in [-0.25, -0.2) is 4.79 Å². The van der Waals surface area contributed by atoms with Crippen molar-refractivity contribution in [3.63, 3.8) is 0 Å². The van der Waals surface area contributed by atoms with Crippen LogP contribution in [0.3, 0.4) is 0 Å². The summed E-state index contributed by atoms with van der Waals surface area (Å²) < 4.78 is 4.96. The molecule has 0 aromatic carbocycles. The molecule has 0 radical (unpaired) electrons. The number of amides is 1. The standard InChI is InChI=1S/C9H16N2O2.ClH/c1-2-13-9(12)11-5-7-3-10-4-8(7)6-11;/h7-8,10H,2-6H2,1H3;1H. The van der Waals surface area contributed by atoms with E-state index < -0.39 is 0 Å². The highest BCUT2D eigenvalue weighted by atomic mass is 35.5. The first-order chi connectivity index (χ1) is 6.31. The van der Waals surface area contributed by atoms with Gasteiger partial charge >= 0.3 is 6.09 Å². The first-order valence-electron chi connectivity index (χ1n) is 4.93. The van der Waals surface area contributed by atoms with Crippen molar-refractivity contribution in [3.05, 3.63) is 0 Å². The van der Waals surface area contributed by atoms with Crippen molar-refractivity contribution in [2.75, 3.05) is 32.8 Å². The summed E-state index contributed by atoms with van der Waals surface area (Å²) in [4.78, 5) is 13.2. The fourth-order valence-electron chi connectivity index (χ4n) is 2.22. The molecule has 2 rings (SSSR count). The summed E-state index contributed by atoms with van der Waals surface area (Å²) in [5.74, 6) is 1.31. The number of carbonyl (C=O) groups excluding carboxylic acids is 1. The first-order valence-corrected chi connectivity index (χ1v) is 4.93. The van der Waals surface area contributed by atoms with E-state index in [-0.39, 0.29) is 18.5 Å². The zero-order valence-corrected chi connectivity index (χ0v) is 9.18. The molecule has 2 fully saturated rings. The molecule has 0 aliphatic carbocycles. The molecule has 2 unspecified atom stereocenters. The minimum absolute atomic E-state index is 0. The minimum atomic E-state index is -0.142. The van der Waals surface area contributed by atoms with Crippen LogP contribution in [-0.4, -0.2) is 43.8 Å². The topological polar surface area (TPSA) is 41.6 Å². The van der Waals surface area contributed by atoms with Crippen LogP contribution in [0.5, 0.6) is 0 Å². The second-order valence-corrected chi connectivity index (χ2v) is 3.78. The number of halogens is 1. The highest BCUT2D eigenvalue weighted by molar-refractivity contribution is 5.85. The largest absolute Gasteiger partial charge is 0.450 e. The Morgan fingerprint density at radius 3 is 2.50 bits per heavy atom. The van der Waals surface area contributed by atoms with Crippen molar-refractivity contribution in [1.82, 2.24) is 10.2 Å². The average molecular weight is 221 g/mol. The summed E-state index contributed by atoms with van der Waals surface area (Å²) in [7, 11) is 0. The van der Waals surface area contributed by atoms with Crippen LogP contribution >= 0.6 is 12.4 Å². The van der Waals surface area contributed by atoms with E-state index in [9.17, 15) is 4.79 Å². The van der Waals surface area contributed by atoms with Gasteiger partial charge in [0, 0.05) is 26.2 Å². The van der Waals surface area contributed by atoms with Gasteiger partial charge in [0.15, 0.2) is 0 Å². The van der Waals surface area contributed by atoms with Crippen molar-refractivity contribution < 1.29 is 9.53 Å². The molecule has 14 heavy (non-hydrogen) atoms. The molecular formula is C9H17ClN2O2. The van der Waals surface area contributed by atoms with Crippen LogP contribution in [0, 0.1) is 11.8 Å². The molecule has 0 aromatic rings. The minimum Gasteiger partial charge on any atom is -0.450 e. The number of nitrogens with one attached hydrogen (secondary N) is 1. The number of hydrogen-bond acceptors (Lipinski definition) is 3. The summed E-state index contributed by atoms with van der Waals surface area (Å²) in [6.07, 6.45) is -0.142. The first kappa shape index (κ1) is 11.6. The molecule has 82 valence electrons. The molecule has 1 N–H and O–H groups in total. The number of fused-ring (bicyclic) bond motifs is 1. The van der Waals surface area contributed by atoms with E-state index in [1.54, 1.807) is 0 Å². The Morgan fingerprint density at radius 2 is 2.00 bits per heavy atom. The lowest BCUT2D eigenvalue weighted by Crippen LogP contribution is -2.32. The smallest absolute Gasteiger partial charge is 0.409 e. The summed E-state index contributed by atoms with van der Waals surface area (Å²) in [6.45, 7) is 6.17. The van der Waals surface area contributed by atoms with E-state index in [2.05, 4.69) is 5.32 Å². The molecule has 2 aliphatic heterocycles. The summed E-state index contributed by atoms with van der Waals surface area (Å²) in [6, 6.07) is 0. The van der Waals surface area contributed by atoms with Gasteiger partial charge in [-0.1, -0.05) is 0 Å². The molecule has 0 bridgehead atoms. The molecule has 1 amide bonds. The van der Waals surface area contributed by atoms with Crippen LogP contribution in [-0.2, 0) is 4.74 Å². The maximum Gasteiger partial charge on any atom is 0.409 e. The maximum absolute atomic E-state index is 11.4. The van der Waals surface area contributed by atoms with Crippen LogP contribution in [0.25, 0.3) is 0 Å². The zero-order chi connectivity index (χ0) is 9.26. The number of hydrogen-bond donors (Lipinski definition) is 1. The Kier molecular flexibility index (Phi) is 4.01. The van der Waals surface area contributed by atoms with Gasteiger partial charge in [0.25, 0.3) is 0 Å². The third-order valence-corrected chi connectivity index (χ3v) is 2.92. The van der Waals surface area contributed by atoms with Gasteiger partial charge in [0.1, 0.15) is 0 Å². The van der Waals surface area contributed by atoms with E-state index in [1.807, 2.05) is 11.8 Å². The van der Waals surface area contributed by atoms with E-state index in [4.69, 9.17) is 4.74 Å². The Morgan fingerprint density at radius 1 is 1.43 bits per heavy atom. The number of rotatable bonds is 1. The zero-order valence-electron chi connectivity index (χ0n) is 8.36. The fourth-order valence-corrected chi connectivity index (χ4v) is 2.22.